The molecule has 0 aliphatic heterocycles. The molecule has 0 aromatic heterocycles. The van der Waals surface area contributed by atoms with Crippen LogP contribution in [0, 0.1) is 28.1 Å². The van der Waals surface area contributed by atoms with Gasteiger partial charge in [0.05, 0.1) is 0 Å². The minimum absolute atomic E-state index is 2.77. The van der Waals surface area contributed by atoms with E-state index in [1.807, 2.05) is 0 Å². The van der Waals surface area contributed by atoms with Crippen LogP contribution in [0.25, 0.3) is 0 Å². The lowest BCUT2D eigenvalue weighted by molar-refractivity contribution is -0.211. The average molecular weight is 422 g/mol. The maximum Gasteiger partial charge on any atom is 0.324 e. The van der Waals surface area contributed by atoms with Crippen LogP contribution in [0.15, 0.2) is 0 Å². The van der Waals surface area contributed by atoms with E-state index in [2.05, 4.69) is 0 Å². The van der Waals surface area contributed by atoms with Crippen molar-refractivity contribution in [2.75, 3.05) is 0 Å². The van der Waals surface area contributed by atoms with Crippen LogP contribution in [-0.4, -0.2) is 88.6 Å². The Morgan fingerprint density at radius 1 is 0.414 bits per heavy atom. The SMILES string of the molecule is O=C(O)C1C(C(=O)O)C(C(=O)O)(C(=O)O)C(C(=O)O)(C(=O)O)C1(C(=O)O)C(=O)O. The molecular weight excluding hydrogens is 412 g/mol. The topological polar surface area (TPSA) is 298 Å². The zero-order valence-corrected chi connectivity index (χ0v) is 13.5. The molecule has 1 rings (SSSR count). The fourth-order valence-electron chi connectivity index (χ4n) is 4.06. The molecule has 2 atom stereocenters. The molecule has 0 amide bonds. The second-order valence-electron chi connectivity index (χ2n) is 5.83. The van der Waals surface area contributed by atoms with Gasteiger partial charge in [-0.15, -0.1) is 0 Å². The molecule has 1 fully saturated rings. The van der Waals surface area contributed by atoms with Crippen molar-refractivity contribution >= 4 is 47.8 Å². The summed E-state index contributed by atoms with van der Waals surface area (Å²) in [5.74, 6) is -31.6. The Bertz CT molecular complexity index is 779. The van der Waals surface area contributed by atoms with E-state index in [1.54, 1.807) is 0 Å². The molecule has 0 heterocycles. The van der Waals surface area contributed by atoms with Crippen molar-refractivity contribution < 1.29 is 79.2 Å². The van der Waals surface area contributed by atoms with Crippen LogP contribution in [0.2, 0.25) is 0 Å². The molecule has 0 spiro atoms. The monoisotopic (exact) mass is 422 g/mol. The highest BCUT2D eigenvalue weighted by Gasteiger charge is 2.96. The van der Waals surface area contributed by atoms with Gasteiger partial charge in [-0.3, -0.25) is 38.4 Å². The molecule has 0 radical (unpaired) electrons. The van der Waals surface area contributed by atoms with E-state index in [-0.39, 0.29) is 0 Å². The third-order valence-corrected chi connectivity index (χ3v) is 4.97. The summed E-state index contributed by atoms with van der Waals surface area (Å²) in [6.45, 7) is 0. The van der Waals surface area contributed by atoms with Gasteiger partial charge in [-0.05, 0) is 0 Å². The van der Waals surface area contributed by atoms with Gasteiger partial charge in [-0.1, -0.05) is 0 Å². The summed E-state index contributed by atoms with van der Waals surface area (Å²) in [4.78, 5) is 94.6. The molecule has 0 saturated heterocycles. The van der Waals surface area contributed by atoms with Crippen LogP contribution in [0.5, 0.6) is 0 Å². The fraction of sp³-hybridized carbons (Fsp3) is 0.385. The van der Waals surface area contributed by atoms with Crippen molar-refractivity contribution in [1.82, 2.24) is 0 Å². The van der Waals surface area contributed by atoms with Crippen molar-refractivity contribution in [2.45, 2.75) is 0 Å². The van der Waals surface area contributed by atoms with E-state index in [9.17, 15) is 79.2 Å². The number of aliphatic carboxylic acids is 8. The quantitative estimate of drug-likeness (QED) is 0.179. The maximum atomic E-state index is 11.9. The van der Waals surface area contributed by atoms with Gasteiger partial charge >= 0.3 is 47.8 Å². The zero-order chi connectivity index (χ0) is 23.3. The van der Waals surface area contributed by atoms with Gasteiger partial charge in [0.25, 0.3) is 0 Å². The molecule has 1 aliphatic rings. The van der Waals surface area contributed by atoms with Gasteiger partial charge in [0, 0.05) is 0 Å². The standard InChI is InChI=1S/C13H10O16/c14-3(15)1-2(4(16)17)12(7(22)23,8(24)25)13(9(26)27,10(28)29)11(1,5(18)19)6(20)21/h1-2H,(H,14,15)(H,16,17)(H,18,19)(H,20,21)(H,22,23)(H,24,25)(H,26,27)(H,28,29). The van der Waals surface area contributed by atoms with Crippen molar-refractivity contribution in [3.63, 3.8) is 0 Å². The van der Waals surface area contributed by atoms with E-state index < -0.39 is 75.8 Å². The molecule has 158 valence electrons. The summed E-state index contributed by atoms with van der Waals surface area (Å²) in [5.41, 5.74) is -14.5. The fourth-order valence-corrected chi connectivity index (χ4v) is 4.06. The minimum Gasteiger partial charge on any atom is -0.481 e. The highest BCUT2D eigenvalue weighted by atomic mass is 16.4. The first-order valence-corrected chi connectivity index (χ1v) is 6.91. The average Bonchev–Trinajstić information content (AvgIpc) is 2.81. The Hall–Kier alpha value is -4.24. The molecule has 0 bridgehead atoms. The third-order valence-electron chi connectivity index (χ3n) is 4.97. The molecule has 29 heavy (non-hydrogen) atoms. The van der Waals surface area contributed by atoms with Gasteiger partial charge in [0.2, 0.25) is 16.2 Å². The van der Waals surface area contributed by atoms with E-state index in [0.717, 1.165) is 0 Å². The number of hydrogen-bond acceptors (Lipinski definition) is 8. The summed E-state index contributed by atoms with van der Waals surface area (Å²) in [7, 11) is 0. The molecule has 8 N–H and O–H groups in total. The van der Waals surface area contributed by atoms with Crippen molar-refractivity contribution in [2.24, 2.45) is 28.1 Å². The second kappa shape index (κ2) is 6.43. The molecule has 0 aromatic carbocycles. The Kier molecular flexibility index (Phi) is 5.05. The summed E-state index contributed by atoms with van der Waals surface area (Å²) < 4.78 is 0. The van der Waals surface area contributed by atoms with E-state index in [4.69, 9.17) is 0 Å². The van der Waals surface area contributed by atoms with Crippen molar-refractivity contribution in [1.29, 1.82) is 0 Å². The van der Waals surface area contributed by atoms with Crippen molar-refractivity contribution in [3.8, 4) is 0 Å². The highest BCUT2D eigenvalue weighted by Crippen LogP contribution is 2.69. The lowest BCUT2D eigenvalue weighted by Gasteiger charge is -2.40. The van der Waals surface area contributed by atoms with Crippen LogP contribution in [0.4, 0.5) is 0 Å². The summed E-state index contributed by atoms with van der Waals surface area (Å²) >= 11 is 0. The van der Waals surface area contributed by atoms with Crippen LogP contribution in [0.1, 0.15) is 0 Å². The largest absolute Gasteiger partial charge is 0.481 e. The van der Waals surface area contributed by atoms with E-state index >= 15 is 0 Å². The summed E-state index contributed by atoms with van der Waals surface area (Å²) in [5, 5.41) is 75.3. The van der Waals surface area contributed by atoms with Crippen LogP contribution in [-0.2, 0) is 38.4 Å². The van der Waals surface area contributed by atoms with Gasteiger partial charge in [0.1, 0.15) is 11.8 Å². The third kappa shape index (κ3) is 2.07. The normalized spacial score (nSPS) is 23.4. The minimum atomic E-state index is -5.01. The Morgan fingerprint density at radius 3 is 0.724 bits per heavy atom. The predicted molar refractivity (Wildman–Crippen MR) is 75.4 cm³/mol. The predicted octanol–water partition coefficient (Wildman–Crippen LogP) is -3.13. The number of carboxylic acid groups (broad SMARTS) is 8. The molecule has 2 unspecified atom stereocenters. The van der Waals surface area contributed by atoms with E-state index in [1.165, 1.54) is 0 Å². The van der Waals surface area contributed by atoms with E-state index in [0.29, 0.717) is 0 Å². The van der Waals surface area contributed by atoms with Gasteiger partial charge < -0.3 is 40.9 Å². The first-order valence-electron chi connectivity index (χ1n) is 6.91. The van der Waals surface area contributed by atoms with Gasteiger partial charge in [-0.25, -0.2) is 0 Å². The first-order chi connectivity index (χ1) is 13.0. The van der Waals surface area contributed by atoms with Crippen LogP contribution >= 0.6 is 0 Å². The Morgan fingerprint density at radius 2 is 0.621 bits per heavy atom. The zero-order valence-electron chi connectivity index (χ0n) is 13.5. The van der Waals surface area contributed by atoms with Gasteiger partial charge in [0.15, 0.2) is 0 Å². The molecule has 1 saturated carbocycles. The van der Waals surface area contributed by atoms with Crippen LogP contribution in [0.3, 0.4) is 0 Å². The molecule has 0 aromatic rings. The number of rotatable bonds is 8. The maximum absolute atomic E-state index is 11.9. The lowest BCUT2D eigenvalue weighted by Crippen LogP contribution is -2.69. The van der Waals surface area contributed by atoms with Crippen molar-refractivity contribution in [3.05, 3.63) is 0 Å². The molecule has 1 aliphatic carbocycles. The molecular formula is C13H10O16. The molecule has 16 heteroatoms. The summed E-state index contributed by atoms with van der Waals surface area (Å²) in [6, 6.07) is 0. The van der Waals surface area contributed by atoms with Gasteiger partial charge in [-0.2, -0.15) is 0 Å². The smallest absolute Gasteiger partial charge is 0.324 e. The number of carbonyl (C=O) groups is 8. The Labute approximate surface area is 156 Å². The number of carboxylic acids is 8. The highest BCUT2D eigenvalue weighted by molar-refractivity contribution is 6.25. The van der Waals surface area contributed by atoms with Crippen LogP contribution < -0.4 is 0 Å². The Balaban J connectivity index is 4.74. The summed E-state index contributed by atoms with van der Waals surface area (Å²) in [6.07, 6.45) is 0. The number of hydrogen-bond donors (Lipinski definition) is 8. The molecule has 16 nitrogen and oxygen atoms in total. The lowest BCUT2D eigenvalue weighted by atomic mass is 9.53. The first kappa shape index (κ1) is 22.8. The second-order valence-corrected chi connectivity index (χ2v) is 5.83.